The van der Waals surface area contributed by atoms with Crippen LogP contribution in [-0.2, 0) is 5.88 Å². The molecule has 0 saturated heterocycles. The zero-order valence-electron chi connectivity index (χ0n) is 8.59. The lowest BCUT2D eigenvalue weighted by Crippen LogP contribution is -2.06. The Bertz CT molecular complexity index is 775. The second kappa shape index (κ2) is 3.60. The van der Waals surface area contributed by atoms with Crippen LogP contribution in [0.15, 0.2) is 33.7 Å². The molecule has 1 N–H and O–H groups in total. The first-order valence-electron chi connectivity index (χ1n) is 4.99. The van der Waals surface area contributed by atoms with Crippen LogP contribution in [0.4, 0.5) is 4.39 Å². The van der Waals surface area contributed by atoms with Crippen molar-refractivity contribution in [3.8, 4) is 0 Å². The van der Waals surface area contributed by atoms with Crippen LogP contribution in [0.25, 0.3) is 21.9 Å². The highest BCUT2D eigenvalue weighted by molar-refractivity contribution is 6.17. The summed E-state index contributed by atoms with van der Waals surface area (Å²) in [6, 6.07) is 4.84. The van der Waals surface area contributed by atoms with Gasteiger partial charge in [0.1, 0.15) is 5.58 Å². The number of fused-ring (bicyclic) bond motifs is 3. The molecule has 86 valence electrons. The number of rotatable bonds is 1. The number of alkyl halides is 1. The zero-order valence-corrected chi connectivity index (χ0v) is 9.34. The van der Waals surface area contributed by atoms with E-state index in [-0.39, 0.29) is 17.0 Å². The second-order valence-corrected chi connectivity index (χ2v) is 3.98. The summed E-state index contributed by atoms with van der Waals surface area (Å²) in [6.07, 6.45) is 1.41. The van der Waals surface area contributed by atoms with Crippen LogP contribution >= 0.6 is 11.6 Å². The topological polar surface area (TPSA) is 46.0 Å². The van der Waals surface area contributed by atoms with Gasteiger partial charge in [-0.15, -0.1) is 11.6 Å². The minimum Gasteiger partial charge on any atom is -0.463 e. The summed E-state index contributed by atoms with van der Waals surface area (Å²) >= 11 is 5.61. The maximum Gasteiger partial charge on any atom is 0.259 e. The first kappa shape index (κ1) is 10.4. The predicted molar refractivity (Wildman–Crippen MR) is 63.9 cm³/mol. The lowest BCUT2D eigenvalue weighted by molar-refractivity contribution is 0.615. The van der Waals surface area contributed by atoms with Crippen molar-refractivity contribution in [2.75, 3.05) is 0 Å². The molecule has 2 heterocycles. The summed E-state index contributed by atoms with van der Waals surface area (Å²) < 4.78 is 19.2. The quantitative estimate of drug-likeness (QED) is 0.676. The summed E-state index contributed by atoms with van der Waals surface area (Å²) in [4.78, 5) is 14.2. The van der Waals surface area contributed by atoms with Crippen molar-refractivity contribution in [2.24, 2.45) is 0 Å². The maximum atomic E-state index is 14.0. The number of H-pyrrole nitrogens is 1. The van der Waals surface area contributed by atoms with Crippen molar-refractivity contribution in [3.63, 3.8) is 0 Å². The monoisotopic (exact) mass is 251 g/mol. The summed E-state index contributed by atoms with van der Waals surface area (Å²) in [6.45, 7) is 0. The SMILES string of the molecule is O=c1[nH]c2c(F)c(CCl)ccc2c2occc12. The van der Waals surface area contributed by atoms with E-state index in [1.165, 1.54) is 6.26 Å². The molecule has 3 rings (SSSR count). The van der Waals surface area contributed by atoms with E-state index in [0.717, 1.165) is 0 Å². The lowest BCUT2D eigenvalue weighted by Gasteiger charge is -2.03. The fourth-order valence-corrected chi connectivity index (χ4v) is 2.12. The molecule has 0 aliphatic heterocycles. The fraction of sp³-hybridized carbons (Fsp3) is 0.0833. The van der Waals surface area contributed by atoms with Gasteiger partial charge in [-0.1, -0.05) is 6.07 Å². The van der Waals surface area contributed by atoms with Crippen LogP contribution in [-0.4, -0.2) is 4.98 Å². The molecule has 0 aliphatic rings. The van der Waals surface area contributed by atoms with E-state index in [1.54, 1.807) is 18.2 Å². The summed E-state index contributed by atoms with van der Waals surface area (Å²) in [5.74, 6) is -0.451. The number of halogens is 2. The molecule has 1 aromatic carbocycles. The third-order valence-corrected chi connectivity index (χ3v) is 3.05. The molecule has 0 radical (unpaired) electrons. The van der Waals surface area contributed by atoms with Gasteiger partial charge in [0.25, 0.3) is 5.56 Å². The second-order valence-electron chi connectivity index (χ2n) is 3.71. The summed E-state index contributed by atoms with van der Waals surface area (Å²) in [7, 11) is 0. The molecule has 0 saturated carbocycles. The zero-order chi connectivity index (χ0) is 12.0. The predicted octanol–water partition coefficient (Wildman–Crippen LogP) is 3.15. The van der Waals surface area contributed by atoms with Crippen LogP contribution in [0.2, 0.25) is 0 Å². The molecule has 0 unspecified atom stereocenters. The third-order valence-electron chi connectivity index (χ3n) is 2.76. The third kappa shape index (κ3) is 1.37. The molecular formula is C12H7ClFNO2. The van der Waals surface area contributed by atoms with E-state index < -0.39 is 5.82 Å². The minimum absolute atomic E-state index is 0.0556. The standard InChI is InChI=1S/C12H7ClFNO2/c13-5-6-1-2-7-10(9(6)14)15-12(16)8-3-4-17-11(7)8/h1-4H,5H2,(H,15,16). The van der Waals surface area contributed by atoms with E-state index >= 15 is 0 Å². The molecular weight excluding hydrogens is 245 g/mol. The van der Waals surface area contributed by atoms with E-state index in [1.807, 2.05) is 0 Å². The number of pyridine rings is 1. The van der Waals surface area contributed by atoms with Crippen molar-refractivity contribution < 1.29 is 8.81 Å². The van der Waals surface area contributed by atoms with Crippen LogP contribution in [0, 0.1) is 5.82 Å². The molecule has 0 aliphatic carbocycles. The first-order valence-corrected chi connectivity index (χ1v) is 5.52. The molecule has 3 nitrogen and oxygen atoms in total. The maximum absolute atomic E-state index is 14.0. The Morgan fingerprint density at radius 2 is 2.12 bits per heavy atom. The van der Waals surface area contributed by atoms with Gasteiger partial charge < -0.3 is 9.40 Å². The average Bonchev–Trinajstić information content (AvgIpc) is 2.81. The van der Waals surface area contributed by atoms with E-state index in [0.29, 0.717) is 21.9 Å². The van der Waals surface area contributed by atoms with Gasteiger partial charge in [0.2, 0.25) is 0 Å². The number of benzene rings is 1. The number of nitrogens with one attached hydrogen (secondary N) is 1. The molecule has 5 heteroatoms. The smallest absolute Gasteiger partial charge is 0.259 e. The Balaban J connectivity index is 2.58. The van der Waals surface area contributed by atoms with Crippen LogP contribution in [0.3, 0.4) is 0 Å². The Morgan fingerprint density at radius 3 is 2.88 bits per heavy atom. The normalized spacial score (nSPS) is 11.4. The molecule has 2 aromatic heterocycles. The van der Waals surface area contributed by atoms with Gasteiger partial charge in [-0.05, 0) is 12.1 Å². The number of hydrogen-bond donors (Lipinski definition) is 1. The number of aromatic nitrogens is 1. The largest absolute Gasteiger partial charge is 0.463 e. The van der Waals surface area contributed by atoms with Gasteiger partial charge >= 0.3 is 0 Å². The highest BCUT2D eigenvalue weighted by Gasteiger charge is 2.13. The Morgan fingerprint density at radius 1 is 1.29 bits per heavy atom. The minimum atomic E-state index is -0.507. The summed E-state index contributed by atoms with van der Waals surface area (Å²) in [5, 5.41) is 0.950. The van der Waals surface area contributed by atoms with Crippen molar-refractivity contribution >= 4 is 33.5 Å². The number of hydrogen-bond acceptors (Lipinski definition) is 2. The molecule has 17 heavy (non-hydrogen) atoms. The Kier molecular flexibility index (Phi) is 2.19. The van der Waals surface area contributed by atoms with Gasteiger partial charge in [-0.3, -0.25) is 4.79 Å². The molecule has 3 aromatic rings. The molecule has 0 atom stereocenters. The van der Waals surface area contributed by atoms with Crippen LogP contribution in [0.1, 0.15) is 5.56 Å². The Hall–Kier alpha value is -1.81. The summed E-state index contributed by atoms with van der Waals surface area (Å²) in [5.41, 5.74) is 0.506. The fourth-order valence-electron chi connectivity index (χ4n) is 1.91. The molecule has 0 bridgehead atoms. The van der Waals surface area contributed by atoms with Crippen LogP contribution < -0.4 is 5.56 Å². The highest BCUT2D eigenvalue weighted by Crippen LogP contribution is 2.26. The van der Waals surface area contributed by atoms with Crippen molar-refractivity contribution in [1.82, 2.24) is 4.98 Å². The molecule has 0 fully saturated rings. The number of aromatic amines is 1. The van der Waals surface area contributed by atoms with Gasteiger partial charge in [-0.2, -0.15) is 0 Å². The Labute approximate surface area is 99.8 Å². The lowest BCUT2D eigenvalue weighted by atomic mass is 10.1. The van der Waals surface area contributed by atoms with Gasteiger partial charge in [0, 0.05) is 10.9 Å². The van der Waals surface area contributed by atoms with E-state index in [9.17, 15) is 9.18 Å². The van der Waals surface area contributed by atoms with Crippen molar-refractivity contribution in [2.45, 2.75) is 5.88 Å². The van der Waals surface area contributed by atoms with E-state index in [2.05, 4.69) is 4.98 Å². The van der Waals surface area contributed by atoms with Crippen LogP contribution in [0.5, 0.6) is 0 Å². The highest BCUT2D eigenvalue weighted by atomic mass is 35.5. The molecule has 0 spiro atoms. The van der Waals surface area contributed by atoms with Gasteiger partial charge in [0.05, 0.1) is 23.0 Å². The molecule has 0 amide bonds. The van der Waals surface area contributed by atoms with Crippen molar-refractivity contribution in [1.29, 1.82) is 0 Å². The van der Waals surface area contributed by atoms with Gasteiger partial charge in [-0.25, -0.2) is 4.39 Å². The average molecular weight is 252 g/mol. The van der Waals surface area contributed by atoms with Crippen molar-refractivity contribution in [3.05, 3.63) is 46.2 Å². The number of furan rings is 1. The first-order chi connectivity index (χ1) is 8.22. The van der Waals surface area contributed by atoms with E-state index in [4.69, 9.17) is 16.0 Å². The van der Waals surface area contributed by atoms with Gasteiger partial charge in [0.15, 0.2) is 5.82 Å².